The number of hydrogen-bond donors (Lipinski definition) is 0. The van der Waals surface area contributed by atoms with Crippen molar-refractivity contribution < 1.29 is 23.8 Å². The maximum atomic E-state index is 12.2. The van der Waals surface area contributed by atoms with E-state index in [2.05, 4.69) is 13.2 Å². The molecule has 5 heteroatoms. The summed E-state index contributed by atoms with van der Waals surface area (Å²) in [5, 5.41) is 0. The van der Waals surface area contributed by atoms with Gasteiger partial charge in [-0.05, 0) is 32.6 Å². The van der Waals surface area contributed by atoms with Crippen molar-refractivity contribution in [3.8, 4) is 0 Å². The Labute approximate surface area is 131 Å². The summed E-state index contributed by atoms with van der Waals surface area (Å²) >= 11 is 0. The van der Waals surface area contributed by atoms with Crippen molar-refractivity contribution in [3.63, 3.8) is 0 Å². The Morgan fingerprint density at radius 1 is 1.32 bits per heavy atom. The van der Waals surface area contributed by atoms with Crippen LogP contribution in [0.3, 0.4) is 0 Å². The molecule has 2 fully saturated rings. The average molecular weight is 308 g/mol. The van der Waals surface area contributed by atoms with Crippen molar-refractivity contribution in [2.24, 2.45) is 11.3 Å². The topological polar surface area (TPSA) is 61.8 Å². The van der Waals surface area contributed by atoms with Crippen LogP contribution in [0.25, 0.3) is 0 Å². The van der Waals surface area contributed by atoms with Crippen LogP contribution < -0.4 is 0 Å². The zero-order chi connectivity index (χ0) is 16.5. The Morgan fingerprint density at radius 2 is 1.91 bits per heavy atom. The molecule has 0 aromatic heterocycles. The van der Waals surface area contributed by atoms with Crippen LogP contribution >= 0.6 is 0 Å². The standard InChI is InChI=1S/C17H24O5/c1-6-12-7-8-16(3,22-12)13-10-17(9-11(13)2,14(18)20-4)15(19)21-5/h6,12-13H,1-2,7-10H2,3-5H3/t12?,13-,16-/m0/s1. The van der Waals surface area contributed by atoms with Gasteiger partial charge in [-0.15, -0.1) is 6.58 Å². The predicted octanol–water partition coefficient (Wildman–Crippen LogP) is 2.41. The van der Waals surface area contributed by atoms with Crippen LogP contribution in [0.4, 0.5) is 0 Å². The third-order valence-corrected chi connectivity index (χ3v) is 5.07. The second kappa shape index (κ2) is 5.88. The van der Waals surface area contributed by atoms with E-state index in [4.69, 9.17) is 14.2 Å². The molecule has 1 saturated carbocycles. The van der Waals surface area contributed by atoms with E-state index < -0.39 is 23.0 Å². The second-order valence-electron chi connectivity index (χ2n) is 6.40. The van der Waals surface area contributed by atoms with Gasteiger partial charge in [-0.25, -0.2) is 0 Å². The number of carbonyl (C=O) groups excluding carboxylic acids is 2. The van der Waals surface area contributed by atoms with E-state index in [0.29, 0.717) is 6.42 Å². The molecule has 0 aromatic rings. The Balaban J connectivity index is 2.30. The van der Waals surface area contributed by atoms with Gasteiger partial charge in [0.15, 0.2) is 5.41 Å². The minimum atomic E-state index is -1.30. The van der Waals surface area contributed by atoms with Crippen LogP contribution in [-0.2, 0) is 23.8 Å². The summed E-state index contributed by atoms with van der Waals surface area (Å²) in [6.07, 6.45) is 4.07. The van der Waals surface area contributed by atoms with Gasteiger partial charge < -0.3 is 14.2 Å². The molecule has 2 aliphatic rings. The molecular weight excluding hydrogens is 284 g/mol. The summed E-state index contributed by atoms with van der Waals surface area (Å²) in [5.41, 5.74) is -0.910. The van der Waals surface area contributed by atoms with Gasteiger partial charge in [-0.1, -0.05) is 18.2 Å². The summed E-state index contributed by atoms with van der Waals surface area (Å²) in [4.78, 5) is 24.5. The molecule has 0 radical (unpaired) electrons. The molecule has 0 amide bonds. The maximum absolute atomic E-state index is 12.2. The van der Waals surface area contributed by atoms with Crippen LogP contribution in [0.5, 0.6) is 0 Å². The fourth-order valence-corrected chi connectivity index (χ4v) is 3.82. The number of esters is 2. The van der Waals surface area contributed by atoms with Crippen molar-refractivity contribution in [2.75, 3.05) is 14.2 Å². The second-order valence-corrected chi connectivity index (χ2v) is 6.40. The smallest absolute Gasteiger partial charge is 0.323 e. The molecular formula is C17H24O5. The Morgan fingerprint density at radius 3 is 2.36 bits per heavy atom. The lowest BCUT2D eigenvalue weighted by Gasteiger charge is -2.33. The molecule has 1 aliphatic carbocycles. The first-order valence-corrected chi connectivity index (χ1v) is 7.48. The zero-order valence-electron chi connectivity index (χ0n) is 13.5. The highest BCUT2D eigenvalue weighted by Crippen LogP contribution is 2.54. The number of rotatable bonds is 4. The minimum Gasteiger partial charge on any atom is -0.468 e. The Bertz CT molecular complexity index is 493. The Hall–Kier alpha value is -1.62. The van der Waals surface area contributed by atoms with E-state index >= 15 is 0 Å². The first kappa shape index (κ1) is 16.7. The SMILES string of the molecule is C=CC1CC[C@@](C)([C@H]2CC(C(=O)OC)(C(=O)OC)CC2=C)O1. The number of ether oxygens (including phenoxy) is 3. The van der Waals surface area contributed by atoms with E-state index in [1.807, 2.05) is 6.92 Å². The lowest BCUT2D eigenvalue weighted by molar-refractivity contribution is -0.169. The molecule has 1 unspecified atom stereocenters. The van der Waals surface area contributed by atoms with Crippen molar-refractivity contribution in [1.82, 2.24) is 0 Å². The van der Waals surface area contributed by atoms with E-state index in [1.165, 1.54) is 14.2 Å². The minimum absolute atomic E-state index is 0.00375. The molecule has 3 atom stereocenters. The monoisotopic (exact) mass is 308 g/mol. The molecule has 1 heterocycles. The van der Waals surface area contributed by atoms with Gasteiger partial charge in [0.25, 0.3) is 0 Å². The zero-order valence-corrected chi connectivity index (χ0v) is 13.5. The van der Waals surface area contributed by atoms with E-state index in [-0.39, 0.29) is 18.4 Å². The Kier molecular flexibility index (Phi) is 4.47. The molecule has 2 rings (SSSR count). The van der Waals surface area contributed by atoms with Crippen LogP contribution in [-0.4, -0.2) is 37.9 Å². The lowest BCUT2D eigenvalue weighted by Crippen LogP contribution is -2.41. The third kappa shape index (κ3) is 2.47. The number of methoxy groups -OCH3 is 2. The average Bonchev–Trinajstić information content (AvgIpc) is 3.08. The van der Waals surface area contributed by atoms with Gasteiger partial charge >= 0.3 is 11.9 Å². The van der Waals surface area contributed by atoms with Crippen molar-refractivity contribution in [1.29, 1.82) is 0 Å². The molecule has 0 aromatic carbocycles. The number of hydrogen-bond acceptors (Lipinski definition) is 5. The first-order chi connectivity index (χ1) is 10.3. The summed E-state index contributed by atoms with van der Waals surface area (Å²) in [5.74, 6) is -1.22. The lowest BCUT2D eigenvalue weighted by atomic mass is 9.79. The maximum Gasteiger partial charge on any atom is 0.323 e. The summed E-state index contributed by atoms with van der Waals surface area (Å²) in [7, 11) is 2.56. The highest BCUT2D eigenvalue weighted by atomic mass is 16.5. The summed E-state index contributed by atoms with van der Waals surface area (Å²) in [6.45, 7) is 9.86. The van der Waals surface area contributed by atoms with Gasteiger partial charge in [0.05, 0.1) is 25.9 Å². The van der Waals surface area contributed by atoms with Gasteiger partial charge in [0.2, 0.25) is 0 Å². The van der Waals surface area contributed by atoms with Crippen LogP contribution in [0.15, 0.2) is 24.8 Å². The normalized spacial score (nSPS) is 33.5. The molecule has 0 bridgehead atoms. The molecule has 22 heavy (non-hydrogen) atoms. The molecule has 0 spiro atoms. The first-order valence-electron chi connectivity index (χ1n) is 7.48. The van der Waals surface area contributed by atoms with Crippen LogP contribution in [0.1, 0.15) is 32.6 Å². The predicted molar refractivity (Wildman–Crippen MR) is 81.0 cm³/mol. The fraction of sp³-hybridized carbons (Fsp3) is 0.647. The van der Waals surface area contributed by atoms with Gasteiger partial charge in [0.1, 0.15) is 0 Å². The van der Waals surface area contributed by atoms with E-state index in [0.717, 1.165) is 18.4 Å². The quantitative estimate of drug-likeness (QED) is 0.453. The molecule has 0 N–H and O–H groups in total. The highest BCUT2D eigenvalue weighted by molar-refractivity contribution is 6.01. The van der Waals surface area contributed by atoms with Gasteiger partial charge in [-0.2, -0.15) is 0 Å². The van der Waals surface area contributed by atoms with Crippen molar-refractivity contribution >= 4 is 11.9 Å². The van der Waals surface area contributed by atoms with E-state index in [9.17, 15) is 9.59 Å². The van der Waals surface area contributed by atoms with E-state index in [1.54, 1.807) is 6.08 Å². The number of carbonyl (C=O) groups is 2. The molecule has 1 aliphatic heterocycles. The summed E-state index contributed by atoms with van der Waals surface area (Å²) < 4.78 is 15.8. The van der Waals surface area contributed by atoms with Crippen molar-refractivity contribution in [2.45, 2.75) is 44.3 Å². The van der Waals surface area contributed by atoms with Crippen molar-refractivity contribution in [3.05, 3.63) is 24.8 Å². The third-order valence-electron chi connectivity index (χ3n) is 5.07. The molecule has 1 saturated heterocycles. The summed E-state index contributed by atoms with van der Waals surface area (Å²) in [6, 6.07) is 0. The van der Waals surface area contributed by atoms with Gasteiger partial charge in [0, 0.05) is 5.92 Å². The molecule has 122 valence electrons. The largest absolute Gasteiger partial charge is 0.468 e. The molecule has 5 nitrogen and oxygen atoms in total. The van der Waals surface area contributed by atoms with Crippen LogP contribution in [0.2, 0.25) is 0 Å². The highest BCUT2D eigenvalue weighted by Gasteiger charge is 2.59. The fourth-order valence-electron chi connectivity index (χ4n) is 3.82. The van der Waals surface area contributed by atoms with Crippen LogP contribution in [0, 0.1) is 11.3 Å². The van der Waals surface area contributed by atoms with Gasteiger partial charge in [-0.3, -0.25) is 9.59 Å².